The maximum atomic E-state index is 14.2. The normalized spacial score (nSPS) is 20.7. The Kier molecular flexibility index (Phi) is 4.01. The van der Waals surface area contributed by atoms with E-state index in [1.807, 2.05) is 17.9 Å². The molecule has 1 atom stereocenters. The minimum atomic E-state index is -0.234. The van der Waals surface area contributed by atoms with Gasteiger partial charge in [-0.05, 0) is 34.5 Å². The second-order valence-electron chi connectivity index (χ2n) is 4.20. The topological polar surface area (TPSA) is 38.5 Å². The molecule has 1 fully saturated rings. The van der Waals surface area contributed by atoms with Crippen LogP contribution < -0.4 is 10.6 Å². The summed E-state index contributed by atoms with van der Waals surface area (Å²) in [5, 5.41) is 0. The number of ether oxygens (including phenoxy) is 1. The van der Waals surface area contributed by atoms with Crippen molar-refractivity contribution < 1.29 is 9.13 Å². The lowest BCUT2D eigenvalue weighted by molar-refractivity contribution is 0.0530. The van der Waals surface area contributed by atoms with Gasteiger partial charge >= 0.3 is 0 Å². The van der Waals surface area contributed by atoms with Crippen LogP contribution in [0.1, 0.15) is 12.5 Å². The molecule has 1 aromatic rings. The quantitative estimate of drug-likeness (QED) is 0.911. The molecule has 0 amide bonds. The molecule has 2 rings (SSSR count). The first-order valence-corrected chi connectivity index (χ1v) is 6.46. The maximum Gasteiger partial charge on any atom is 0.160 e. The highest BCUT2D eigenvalue weighted by atomic mass is 79.9. The predicted molar refractivity (Wildman–Crippen MR) is 69.6 cm³/mol. The van der Waals surface area contributed by atoms with Gasteiger partial charge in [0, 0.05) is 19.6 Å². The van der Waals surface area contributed by atoms with Gasteiger partial charge in [0.2, 0.25) is 0 Å². The summed E-state index contributed by atoms with van der Waals surface area (Å²) in [6.07, 6.45) is 0.135. The van der Waals surface area contributed by atoms with Crippen LogP contribution in [0, 0.1) is 5.82 Å². The minimum Gasteiger partial charge on any atom is -0.375 e. The highest BCUT2D eigenvalue weighted by Gasteiger charge is 2.21. The third-order valence-electron chi connectivity index (χ3n) is 2.94. The van der Waals surface area contributed by atoms with Crippen molar-refractivity contribution in [3.63, 3.8) is 0 Å². The van der Waals surface area contributed by atoms with E-state index in [0.717, 1.165) is 12.1 Å². The van der Waals surface area contributed by atoms with E-state index < -0.39 is 0 Å². The molecule has 17 heavy (non-hydrogen) atoms. The van der Waals surface area contributed by atoms with Crippen molar-refractivity contribution in [1.82, 2.24) is 0 Å². The van der Waals surface area contributed by atoms with Crippen molar-refractivity contribution in [3.05, 3.63) is 28.0 Å². The summed E-state index contributed by atoms with van der Waals surface area (Å²) in [6.45, 7) is 4.39. The minimum absolute atomic E-state index is 0.135. The summed E-state index contributed by atoms with van der Waals surface area (Å²) in [5.74, 6) is -0.234. The van der Waals surface area contributed by atoms with Crippen LogP contribution in [0.3, 0.4) is 0 Å². The molecule has 0 saturated carbocycles. The second-order valence-corrected chi connectivity index (χ2v) is 5.00. The summed E-state index contributed by atoms with van der Waals surface area (Å²) >= 11 is 3.26. The van der Waals surface area contributed by atoms with Gasteiger partial charge < -0.3 is 15.4 Å². The van der Waals surface area contributed by atoms with E-state index in [4.69, 9.17) is 10.5 Å². The zero-order valence-corrected chi connectivity index (χ0v) is 11.3. The van der Waals surface area contributed by atoms with Crippen molar-refractivity contribution in [2.24, 2.45) is 5.73 Å². The summed E-state index contributed by atoms with van der Waals surface area (Å²) in [4.78, 5) is 2.01. The molecule has 1 unspecified atom stereocenters. The Labute approximate surface area is 109 Å². The molecule has 0 aromatic heterocycles. The molecular formula is C12H16BrFN2O. The molecule has 1 aromatic carbocycles. The lowest BCUT2D eigenvalue weighted by Crippen LogP contribution is -2.41. The molecule has 1 saturated heterocycles. The summed E-state index contributed by atoms with van der Waals surface area (Å²) in [7, 11) is 0. The van der Waals surface area contributed by atoms with Gasteiger partial charge in [-0.25, -0.2) is 4.39 Å². The zero-order valence-electron chi connectivity index (χ0n) is 9.75. The number of nitrogens with two attached hydrogens (primary N) is 1. The van der Waals surface area contributed by atoms with E-state index in [-0.39, 0.29) is 11.9 Å². The predicted octanol–water partition coefficient (Wildman–Crippen LogP) is 2.27. The number of hydrogen-bond acceptors (Lipinski definition) is 3. The van der Waals surface area contributed by atoms with Gasteiger partial charge in [-0.2, -0.15) is 0 Å². The van der Waals surface area contributed by atoms with Crippen LogP contribution in [0.4, 0.5) is 10.1 Å². The van der Waals surface area contributed by atoms with Crippen LogP contribution in [0.25, 0.3) is 0 Å². The first kappa shape index (κ1) is 12.8. The molecule has 0 spiro atoms. The van der Waals surface area contributed by atoms with Gasteiger partial charge in [0.1, 0.15) is 0 Å². The molecule has 1 aliphatic rings. The Bertz CT molecular complexity index is 414. The highest BCUT2D eigenvalue weighted by molar-refractivity contribution is 9.10. The molecule has 5 heteroatoms. The van der Waals surface area contributed by atoms with E-state index in [9.17, 15) is 4.39 Å². The van der Waals surface area contributed by atoms with Crippen LogP contribution in [0.2, 0.25) is 0 Å². The van der Waals surface area contributed by atoms with E-state index in [0.29, 0.717) is 29.9 Å². The van der Waals surface area contributed by atoms with Crippen molar-refractivity contribution in [2.75, 3.05) is 24.6 Å². The fourth-order valence-electron chi connectivity index (χ4n) is 2.02. The van der Waals surface area contributed by atoms with Crippen LogP contribution in [-0.4, -0.2) is 25.8 Å². The van der Waals surface area contributed by atoms with Crippen molar-refractivity contribution >= 4 is 21.6 Å². The summed E-state index contributed by atoms with van der Waals surface area (Å²) in [6, 6.07) is 3.66. The first-order valence-electron chi connectivity index (χ1n) is 5.67. The Morgan fingerprint density at radius 3 is 3.00 bits per heavy atom. The largest absolute Gasteiger partial charge is 0.375 e. The zero-order chi connectivity index (χ0) is 12.4. The lowest BCUT2D eigenvalue weighted by atomic mass is 10.1. The number of halogens is 2. The van der Waals surface area contributed by atoms with E-state index in [1.54, 1.807) is 6.07 Å². The number of benzene rings is 1. The van der Waals surface area contributed by atoms with Crippen molar-refractivity contribution in [1.29, 1.82) is 0 Å². The number of hydrogen-bond donors (Lipinski definition) is 1. The Hall–Kier alpha value is -0.650. The Morgan fingerprint density at radius 2 is 2.35 bits per heavy atom. The van der Waals surface area contributed by atoms with Gasteiger partial charge in [0.25, 0.3) is 0 Å². The van der Waals surface area contributed by atoms with E-state index in [1.165, 1.54) is 0 Å². The summed E-state index contributed by atoms with van der Waals surface area (Å²) in [5.41, 5.74) is 6.94. The van der Waals surface area contributed by atoms with Crippen LogP contribution in [-0.2, 0) is 11.3 Å². The van der Waals surface area contributed by atoms with Crippen LogP contribution in [0.15, 0.2) is 16.6 Å². The molecular weight excluding hydrogens is 287 g/mol. The van der Waals surface area contributed by atoms with Crippen LogP contribution >= 0.6 is 15.9 Å². The van der Waals surface area contributed by atoms with E-state index in [2.05, 4.69) is 15.9 Å². The number of anilines is 1. The molecule has 0 aliphatic carbocycles. The fraction of sp³-hybridized carbons (Fsp3) is 0.500. The smallest absolute Gasteiger partial charge is 0.160 e. The average molecular weight is 303 g/mol. The van der Waals surface area contributed by atoms with Gasteiger partial charge in [-0.15, -0.1) is 0 Å². The van der Waals surface area contributed by atoms with Gasteiger partial charge in [0.05, 0.1) is 22.9 Å². The fourth-order valence-corrected chi connectivity index (χ4v) is 2.52. The molecule has 94 valence electrons. The maximum absolute atomic E-state index is 14.2. The SMILES string of the molecule is CC1CN(c2ccc(CN)c(Br)c2F)CCO1. The number of morpholine rings is 1. The number of nitrogens with zero attached hydrogens (tertiary/aromatic N) is 1. The Morgan fingerprint density at radius 1 is 1.59 bits per heavy atom. The molecule has 0 bridgehead atoms. The van der Waals surface area contributed by atoms with Gasteiger partial charge in [0.15, 0.2) is 5.82 Å². The highest BCUT2D eigenvalue weighted by Crippen LogP contribution is 2.30. The molecule has 1 heterocycles. The molecule has 1 aliphatic heterocycles. The first-order chi connectivity index (χ1) is 8.13. The third kappa shape index (κ3) is 2.61. The number of rotatable bonds is 2. The Balaban J connectivity index is 2.29. The van der Waals surface area contributed by atoms with Crippen molar-refractivity contribution in [2.45, 2.75) is 19.6 Å². The third-order valence-corrected chi connectivity index (χ3v) is 3.80. The van der Waals surface area contributed by atoms with Crippen molar-refractivity contribution in [3.8, 4) is 0 Å². The second kappa shape index (κ2) is 5.33. The van der Waals surface area contributed by atoms with Gasteiger partial charge in [-0.1, -0.05) is 6.07 Å². The monoisotopic (exact) mass is 302 g/mol. The lowest BCUT2D eigenvalue weighted by Gasteiger charge is -2.33. The average Bonchev–Trinajstić information content (AvgIpc) is 2.32. The molecule has 3 nitrogen and oxygen atoms in total. The molecule has 0 radical (unpaired) electrons. The van der Waals surface area contributed by atoms with Gasteiger partial charge in [-0.3, -0.25) is 0 Å². The molecule has 2 N–H and O–H groups in total. The van der Waals surface area contributed by atoms with Crippen LogP contribution in [0.5, 0.6) is 0 Å². The summed E-state index contributed by atoms with van der Waals surface area (Å²) < 4.78 is 20.1. The standard InChI is InChI=1S/C12H16BrFN2O/c1-8-7-16(4-5-17-8)10-3-2-9(6-15)11(13)12(10)14/h2-3,8H,4-7,15H2,1H3. The van der Waals surface area contributed by atoms with E-state index >= 15 is 0 Å².